The third kappa shape index (κ3) is 3.38. The zero-order chi connectivity index (χ0) is 20.5. The fourth-order valence-electron chi connectivity index (χ4n) is 3.81. The number of nitrogens with zero attached hydrogens (tertiary/aromatic N) is 1. The van der Waals surface area contributed by atoms with Gasteiger partial charge in [-0.05, 0) is 42.5 Å². The van der Waals surface area contributed by atoms with E-state index in [0.717, 1.165) is 35.1 Å². The monoisotopic (exact) mass is 409 g/mol. The molecule has 1 amide bonds. The molecule has 1 aromatic carbocycles. The van der Waals surface area contributed by atoms with Crippen molar-refractivity contribution in [2.75, 3.05) is 6.54 Å². The van der Waals surface area contributed by atoms with Crippen molar-refractivity contribution in [3.05, 3.63) is 69.3 Å². The lowest BCUT2D eigenvalue weighted by atomic mass is 9.98. The zero-order valence-corrected chi connectivity index (χ0v) is 17.3. The van der Waals surface area contributed by atoms with Crippen molar-refractivity contribution in [1.29, 1.82) is 0 Å². The highest BCUT2D eigenvalue weighted by molar-refractivity contribution is 7.10. The summed E-state index contributed by atoms with van der Waals surface area (Å²) in [5.41, 5.74) is 1.71. The molecule has 0 radical (unpaired) electrons. The molecule has 1 atom stereocenters. The Morgan fingerprint density at radius 2 is 2.03 bits per heavy atom. The molecule has 150 valence electrons. The Bertz CT molecular complexity index is 1070. The summed E-state index contributed by atoms with van der Waals surface area (Å²) < 4.78 is 5.73. The minimum absolute atomic E-state index is 0.108. The molecule has 1 aliphatic rings. The number of thiophene rings is 1. The number of aliphatic hydroxyl groups is 1. The first-order valence-corrected chi connectivity index (χ1v) is 10.7. The topological polar surface area (TPSA) is 70.8 Å². The SMILES string of the molecule is CCCCCN1C(=O)C(O)=C(C(=O)c2cc3ccccc3o2)C1c1sccc1C. The van der Waals surface area contributed by atoms with E-state index in [2.05, 4.69) is 6.92 Å². The van der Waals surface area contributed by atoms with Gasteiger partial charge >= 0.3 is 0 Å². The van der Waals surface area contributed by atoms with Gasteiger partial charge in [0.15, 0.2) is 11.5 Å². The number of fused-ring (bicyclic) bond motifs is 1. The second kappa shape index (κ2) is 7.87. The van der Waals surface area contributed by atoms with Crippen molar-refractivity contribution in [3.63, 3.8) is 0 Å². The molecular weight excluding hydrogens is 386 g/mol. The summed E-state index contributed by atoms with van der Waals surface area (Å²) in [6.45, 7) is 4.55. The number of ketones is 1. The van der Waals surface area contributed by atoms with Crippen molar-refractivity contribution in [2.24, 2.45) is 0 Å². The minimum Gasteiger partial charge on any atom is -0.503 e. The van der Waals surface area contributed by atoms with Gasteiger partial charge in [-0.15, -0.1) is 11.3 Å². The zero-order valence-electron chi connectivity index (χ0n) is 16.5. The van der Waals surface area contributed by atoms with E-state index in [1.165, 1.54) is 11.3 Å². The van der Waals surface area contributed by atoms with Gasteiger partial charge in [-0.25, -0.2) is 0 Å². The summed E-state index contributed by atoms with van der Waals surface area (Å²) in [5.74, 6) is -1.26. The molecule has 0 fully saturated rings. The largest absolute Gasteiger partial charge is 0.503 e. The predicted molar refractivity (Wildman–Crippen MR) is 113 cm³/mol. The molecule has 0 aliphatic carbocycles. The molecule has 3 heterocycles. The van der Waals surface area contributed by atoms with E-state index in [9.17, 15) is 14.7 Å². The molecule has 0 saturated carbocycles. The Kier molecular flexibility index (Phi) is 5.28. The maximum Gasteiger partial charge on any atom is 0.290 e. The number of Topliss-reactive ketones (excluding diaryl/α,β-unsaturated/α-hetero) is 1. The highest BCUT2D eigenvalue weighted by Gasteiger charge is 2.45. The summed E-state index contributed by atoms with van der Waals surface area (Å²) in [6.07, 6.45) is 2.82. The minimum atomic E-state index is -0.583. The fraction of sp³-hybridized carbons (Fsp3) is 0.304. The second-order valence-electron chi connectivity index (χ2n) is 7.32. The smallest absolute Gasteiger partial charge is 0.290 e. The Morgan fingerprint density at radius 3 is 2.72 bits per heavy atom. The van der Waals surface area contributed by atoms with Crippen LogP contribution in [-0.4, -0.2) is 28.2 Å². The van der Waals surface area contributed by atoms with Crippen LogP contribution in [0.5, 0.6) is 0 Å². The van der Waals surface area contributed by atoms with Gasteiger partial charge in [0, 0.05) is 16.8 Å². The molecule has 1 N–H and O–H groups in total. The van der Waals surface area contributed by atoms with E-state index in [1.54, 1.807) is 17.0 Å². The van der Waals surface area contributed by atoms with Crippen LogP contribution < -0.4 is 0 Å². The fourth-order valence-corrected chi connectivity index (χ4v) is 4.86. The van der Waals surface area contributed by atoms with Crippen LogP contribution in [0.25, 0.3) is 11.0 Å². The second-order valence-corrected chi connectivity index (χ2v) is 8.26. The highest BCUT2D eigenvalue weighted by Crippen LogP contribution is 2.42. The number of carbonyl (C=O) groups excluding carboxylic acids is 2. The Balaban J connectivity index is 1.77. The number of aliphatic hydroxyl groups excluding tert-OH is 1. The third-order valence-corrected chi connectivity index (χ3v) is 6.42. The van der Waals surface area contributed by atoms with Crippen LogP contribution in [0, 0.1) is 6.92 Å². The van der Waals surface area contributed by atoms with Crippen molar-refractivity contribution in [1.82, 2.24) is 4.90 Å². The van der Waals surface area contributed by atoms with Gasteiger partial charge in [0.05, 0.1) is 11.6 Å². The van der Waals surface area contributed by atoms with Crippen molar-refractivity contribution in [2.45, 2.75) is 39.2 Å². The van der Waals surface area contributed by atoms with Crippen LogP contribution in [0.1, 0.15) is 53.2 Å². The molecule has 0 saturated heterocycles. The van der Waals surface area contributed by atoms with Crippen molar-refractivity contribution < 1.29 is 19.1 Å². The average molecular weight is 410 g/mol. The Hall–Kier alpha value is -2.86. The molecule has 6 heteroatoms. The maximum absolute atomic E-state index is 13.4. The van der Waals surface area contributed by atoms with E-state index in [4.69, 9.17) is 4.42 Å². The van der Waals surface area contributed by atoms with Gasteiger partial charge < -0.3 is 14.4 Å². The van der Waals surface area contributed by atoms with Crippen LogP contribution in [0.15, 0.2) is 57.5 Å². The summed E-state index contributed by atoms with van der Waals surface area (Å²) in [7, 11) is 0. The van der Waals surface area contributed by atoms with Crippen LogP contribution >= 0.6 is 11.3 Å². The molecule has 2 aromatic heterocycles. The molecule has 1 aliphatic heterocycles. The average Bonchev–Trinajstić information content (AvgIpc) is 3.39. The normalized spacial score (nSPS) is 17.0. The van der Waals surface area contributed by atoms with Gasteiger partial charge in [-0.3, -0.25) is 9.59 Å². The number of furan rings is 1. The third-order valence-electron chi connectivity index (χ3n) is 5.35. The van der Waals surface area contributed by atoms with E-state index >= 15 is 0 Å². The standard InChI is InChI=1S/C23H23NO4S/c1-3-4-7-11-24-19(22-14(2)10-12-29-22)18(21(26)23(24)27)20(25)17-13-15-8-5-6-9-16(15)28-17/h5-6,8-10,12-13,19,26H,3-4,7,11H2,1-2H3. The first kappa shape index (κ1) is 19.5. The number of unbranched alkanes of at least 4 members (excludes halogenated alkanes) is 2. The summed E-state index contributed by atoms with van der Waals surface area (Å²) in [6, 6.07) is 10.4. The number of amides is 1. The first-order valence-electron chi connectivity index (χ1n) is 9.84. The molecule has 0 spiro atoms. The van der Waals surface area contributed by atoms with Crippen molar-refractivity contribution in [3.8, 4) is 0 Å². The van der Waals surface area contributed by atoms with Gasteiger partial charge in [0.2, 0.25) is 5.78 Å². The van der Waals surface area contributed by atoms with Gasteiger partial charge in [-0.2, -0.15) is 0 Å². The molecule has 29 heavy (non-hydrogen) atoms. The number of para-hydroxylation sites is 1. The number of benzene rings is 1. The number of hydrogen-bond acceptors (Lipinski definition) is 5. The lowest BCUT2D eigenvalue weighted by molar-refractivity contribution is -0.129. The van der Waals surface area contributed by atoms with E-state index in [1.807, 2.05) is 36.6 Å². The van der Waals surface area contributed by atoms with Crippen LogP contribution in [0.2, 0.25) is 0 Å². The van der Waals surface area contributed by atoms with E-state index in [0.29, 0.717) is 12.1 Å². The predicted octanol–water partition coefficient (Wildman–Crippen LogP) is 5.57. The number of hydrogen-bond donors (Lipinski definition) is 1. The molecule has 5 nitrogen and oxygen atoms in total. The maximum atomic E-state index is 13.4. The first-order chi connectivity index (χ1) is 14.0. The van der Waals surface area contributed by atoms with Gasteiger partial charge in [-0.1, -0.05) is 38.0 Å². The summed E-state index contributed by atoms with van der Waals surface area (Å²) in [4.78, 5) is 28.8. The molecular formula is C23H23NO4S. The van der Waals surface area contributed by atoms with Crippen molar-refractivity contribution >= 4 is 34.0 Å². The Labute approximate surface area is 173 Å². The number of rotatable bonds is 7. The number of carbonyl (C=O) groups is 2. The lowest BCUT2D eigenvalue weighted by Crippen LogP contribution is -2.32. The van der Waals surface area contributed by atoms with E-state index < -0.39 is 23.5 Å². The molecule has 0 bridgehead atoms. The van der Waals surface area contributed by atoms with Gasteiger partial charge in [0.25, 0.3) is 5.91 Å². The summed E-state index contributed by atoms with van der Waals surface area (Å²) >= 11 is 1.49. The molecule has 3 aromatic rings. The molecule has 4 rings (SSSR count). The Morgan fingerprint density at radius 1 is 1.24 bits per heavy atom. The highest BCUT2D eigenvalue weighted by atomic mass is 32.1. The quantitative estimate of drug-likeness (QED) is 0.409. The van der Waals surface area contributed by atoms with Crippen LogP contribution in [-0.2, 0) is 4.79 Å². The molecule has 1 unspecified atom stereocenters. The van der Waals surface area contributed by atoms with Crippen LogP contribution in [0.4, 0.5) is 0 Å². The van der Waals surface area contributed by atoms with E-state index in [-0.39, 0.29) is 11.3 Å². The number of aryl methyl sites for hydroxylation is 1. The van der Waals surface area contributed by atoms with Gasteiger partial charge in [0.1, 0.15) is 5.58 Å². The summed E-state index contributed by atoms with van der Waals surface area (Å²) in [5, 5.41) is 13.4. The van der Waals surface area contributed by atoms with Crippen LogP contribution in [0.3, 0.4) is 0 Å². The lowest BCUT2D eigenvalue weighted by Gasteiger charge is -2.26.